The number of nitrogens with zero attached hydrogens (tertiary/aromatic N) is 1. The van der Waals surface area contributed by atoms with Gasteiger partial charge < -0.3 is 10.2 Å². The van der Waals surface area contributed by atoms with Crippen LogP contribution in [0.25, 0.3) is 0 Å². The largest absolute Gasteiger partial charge is 0.317 e. The van der Waals surface area contributed by atoms with Gasteiger partial charge in [-0.2, -0.15) is 0 Å². The van der Waals surface area contributed by atoms with Crippen LogP contribution in [0.4, 0.5) is 0 Å². The maximum atomic E-state index is 3.43. The second-order valence-electron chi connectivity index (χ2n) is 4.88. The molecule has 2 heteroatoms. The molecule has 0 amide bonds. The van der Waals surface area contributed by atoms with Crippen LogP contribution in [0.2, 0.25) is 0 Å². The number of nitrogens with one attached hydrogen (secondary N) is 1. The fraction of sp³-hybridized carbons (Fsp3) is 1.00. The lowest BCUT2D eigenvalue weighted by Crippen LogP contribution is -2.41. The summed E-state index contributed by atoms with van der Waals surface area (Å²) in [6, 6.07) is 0.845. The van der Waals surface area contributed by atoms with Crippen LogP contribution in [0.1, 0.15) is 51.9 Å². The summed E-state index contributed by atoms with van der Waals surface area (Å²) in [5.74, 6) is 0. The highest BCUT2D eigenvalue weighted by atomic mass is 15.1. The number of rotatable bonds is 7. The Bertz CT molecular complexity index is 141. The third-order valence-electron chi connectivity index (χ3n) is 3.55. The Morgan fingerprint density at radius 2 is 1.73 bits per heavy atom. The highest BCUT2D eigenvalue weighted by molar-refractivity contribution is 4.75. The second kappa shape index (κ2) is 8.12. The maximum absolute atomic E-state index is 3.43. The standard InChI is InChI=1S/C13H28N2/c1-3-4-5-6-7-12-15(2)13-8-10-14-11-9-13/h13-14H,3-12H2,1-2H3. The molecule has 0 atom stereocenters. The van der Waals surface area contributed by atoms with Crippen molar-refractivity contribution >= 4 is 0 Å². The molecular weight excluding hydrogens is 184 g/mol. The van der Waals surface area contributed by atoms with E-state index in [4.69, 9.17) is 0 Å². The zero-order valence-electron chi connectivity index (χ0n) is 10.6. The van der Waals surface area contributed by atoms with Crippen molar-refractivity contribution in [1.29, 1.82) is 0 Å². The van der Waals surface area contributed by atoms with E-state index >= 15 is 0 Å². The molecule has 0 aromatic carbocycles. The third-order valence-corrected chi connectivity index (χ3v) is 3.55. The minimum atomic E-state index is 0.845. The van der Waals surface area contributed by atoms with Gasteiger partial charge in [0.25, 0.3) is 0 Å². The summed E-state index contributed by atoms with van der Waals surface area (Å²) in [6.07, 6.45) is 9.68. The Balaban J connectivity index is 1.99. The Morgan fingerprint density at radius 3 is 2.40 bits per heavy atom. The highest BCUT2D eigenvalue weighted by Gasteiger charge is 2.16. The molecule has 0 radical (unpaired) electrons. The highest BCUT2D eigenvalue weighted by Crippen LogP contribution is 2.11. The van der Waals surface area contributed by atoms with Crippen LogP contribution in [-0.2, 0) is 0 Å². The molecule has 0 bridgehead atoms. The van der Waals surface area contributed by atoms with Crippen molar-refractivity contribution in [2.75, 3.05) is 26.7 Å². The normalized spacial score (nSPS) is 18.6. The maximum Gasteiger partial charge on any atom is 0.0116 e. The van der Waals surface area contributed by atoms with Crippen molar-refractivity contribution in [3.8, 4) is 0 Å². The first-order chi connectivity index (χ1) is 7.34. The van der Waals surface area contributed by atoms with Gasteiger partial charge in [-0.05, 0) is 45.9 Å². The van der Waals surface area contributed by atoms with Crippen LogP contribution in [0.3, 0.4) is 0 Å². The summed E-state index contributed by atoms with van der Waals surface area (Å²) in [5, 5.41) is 3.43. The molecular formula is C13H28N2. The number of hydrogen-bond acceptors (Lipinski definition) is 2. The summed E-state index contributed by atoms with van der Waals surface area (Å²) in [7, 11) is 2.30. The molecule has 1 aliphatic rings. The first-order valence-electron chi connectivity index (χ1n) is 6.75. The Hall–Kier alpha value is -0.0800. The van der Waals surface area contributed by atoms with Gasteiger partial charge in [0.15, 0.2) is 0 Å². The number of piperidine rings is 1. The van der Waals surface area contributed by atoms with Crippen molar-refractivity contribution in [3.63, 3.8) is 0 Å². The molecule has 1 aliphatic heterocycles. The zero-order chi connectivity index (χ0) is 10.9. The molecule has 0 aliphatic carbocycles. The van der Waals surface area contributed by atoms with Crippen molar-refractivity contribution in [3.05, 3.63) is 0 Å². The summed E-state index contributed by atoms with van der Waals surface area (Å²) < 4.78 is 0. The van der Waals surface area contributed by atoms with Crippen LogP contribution in [0.5, 0.6) is 0 Å². The van der Waals surface area contributed by atoms with Gasteiger partial charge in [-0.15, -0.1) is 0 Å². The minimum Gasteiger partial charge on any atom is -0.317 e. The molecule has 1 saturated heterocycles. The zero-order valence-corrected chi connectivity index (χ0v) is 10.6. The van der Waals surface area contributed by atoms with E-state index < -0.39 is 0 Å². The van der Waals surface area contributed by atoms with Gasteiger partial charge in [-0.3, -0.25) is 0 Å². The number of unbranched alkanes of at least 4 members (excludes halogenated alkanes) is 4. The van der Waals surface area contributed by atoms with Crippen molar-refractivity contribution in [2.24, 2.45) is 0 Å². The first-order valence-corrected chi connectivity index (χ1v) is 6.75. The fourth-order valence-electron chi connectivity index (χ4n) is 2.39. The molecule has 90 valence electrons. The van der Waals surface area contributed by atoms with Gasteiger partial charge in [0.1, 0.15) is 0 Å². The summed E-state index contributed by atoms with van der Waals surface area (Å²) in [4.78, 5) is 2.58. The Kier molecular flexibility index (Phi) is 7.03. The van der Waals surface area contributed by atoms with Gasteiger partial charge in [0.2, 0.25) is 0 Å². The van der Waals surface area contributed by atoms with Gasteiger partial charge in [-0.1, -0.05) is 32.6 Å². The summed E-state index contributed by atoms with van der Waals surface area (Å²) >= 11 is 0. The van der Waals surface area contributed by atoms with Crippen LogP contribution >= 0.6 is 0 Å². The average Bonchev–Trinajstić information content (AvgIpc) is 2.30. The van der Waals surface area contributed by atoms with Gasteiger partial charge in [0, 0.05) is 6.04 Å². The molecule has 0 spiro atoms. The smallest absolute Gasteiger partial charge is 0.0116 e. The van der Waals surface area contributed by atoms with Crippen molar-refractivity contribution in [1.82, 2.24) is 10.2 Å². The molecule has 15 heavy (non-hydrogen) atoms. The van der Waals surface area contributed by atoms with E-state index in [2.05, 4.69) is 24.2 Å². The molecule has 0 aromatic heterocycles. The molecule has 1 heterocycles. The van der Waals surface area contributed by atoms with E-state index in [1.54, 1.807) is 0 Å². The third kappa shape index (κ3) is 5.53. The SMILES string of the molecule is CCCCCCCN(C)C1CCNCC1. The summed E-state index contributed by atoms with van der Waals surface area (Å²) in [6.45, 7) is 6.01. The summed E-state index contributed by atoms with van der Waals surface area (Å²) in [5.41, 5.74) is 0. The average molecular weight is 212 g/mol. The molecule has 1 fully saturated rings. The predicted octanol–water partition coefficient (Wildman–Crippen LogP) is 2.64. The minimum absolute atomic E-state index is 0.845. The van der Waals surface area contributed by atoms with Crippen LogP contribution in [0.15, 0.2) is 0 Å². The van der Waals surface area contributed by atoms with Gasteiger partial charge in [0.05, 0.1) is 0 Å². The van der Waals surface area contributed by atoms with Gasteiger partial charge in [-0.25, -0.2) is 0 Å². The Morgan fingerprint density at radius 1 is 1.07 bits per heavy atom. The quantitative estimate of drug-likeness (QED) is 0.653. The van der Waals surface area contributed by atoms with E-state index in [9.17, 15) is 0 Å². The van der Waals surface area contributed by atoms with Crippen LogP contribution in [-0.4, -0.2) is 37.6 Å². The van der Waals surface area contributed by atoms with Crippen molar-refractivity contribution in [2.45, 2.75) is 57.9 Å². The Labute approximate surface area is 95.4 Å². The van der Waals surface area contributed by atoms with E-state index in [0.717, 1.165) is 6.04 Å². The van der Waals surface area contributed by atoms with E-state index in [1.165, 1.54) is 64.6 Å². The molecule has 0 saturated carbocycles. The molecule has 0 unspecified atom stereocenters. The first kappa shape index (κ1) is 13.0. The van der Waals surface area contributed by atoms with E-state index in [-0.39, 0.29) is 0 Å². The van der Waals surface area contributed by atoms with Crippen LogP contribution in [0, 0.1) is 0 Å². The second-order valence-corrected chi connectivity index (χ2v) is 4.88. The topological polar surface area (TPSA) is 15.3 Å². The van der Waals surface area contributed by atoms with E-state index in [0.29, 0.717) is 0 Å². The van der Waals surface area contributed by atoms with Crippen molar-refractivity contribution < 1.29 is 0 Å². The monoisotopic (exact) mass is 212 g/mol. The number of hydrogen-bond donors (Lipinski definition) is 1. The van der Waals surface area contributed by atoms with Gasteiger partial charge >= 0.3 is 0 Å². The molecule has 1 N–H and O–H groups in total. The van der Waals surface area contributed by atoms with Crippen LogP contribution < -0.4 is 5.32 Å². The lowest BCUT2D eigenvalue weighted by atomic mass is 10.0. The fourth-order valence-corrected chi connectivity index (χ4v) is 2.39. The lowest BCUT2D eigenvalue weighted by molar-refractivity contribution is 0.195. The molecule has 2 nitrogen and oxygen atoms in total. The lowest BCUT2D eigenvalue weighted by Gasteiger charge is -2.31. The predicted molar refractivity (Wildman–Crippen MR) is 67.3 cm³/mol. The molecule has 1 rings (SSSR count). The van der Waals surface area contributed by atoms with E-state index in [1.807, 2.05) is 0 Å². The molecule has 0 aromatic rings.